The SMILES string of the molecule is Cn1cc(OCCn2ccnc2)cn1. The van der Waals surface area contributed by atoms with Crippen LogP contribution in [0.4, 0.5) is 0 Å². The van der Waals surface area contributed by atoms with Crippen molar-refractivity contribution < 1.29 is 4.74 Å². The van der Waals surface area contributed by atoms with Crippen molar-refractivity contribution in [3.8, 4) is 5.75 Å². The first-order valence-corrected chi connectivity index (χ1v) is 4.42. The lowest BCUT2D eigenvalue weighted by Gasteiger charge is -2.03. The number of hydrogen-bond acceptors (Lipinski definition) is 3. The zero-order valence-corrected chi connectivity index (χ0v) is 8.00. The Bertz CT molecular complexity index is 379. The van der Waals surface area contributed by atoms with Crippen LogP contribution in [0.25, 0.3) is 0 Å². The van der Waals surface area contributed by atoms with Crippen LogP contribution in [0.3, 0.4) is 0 Å². The van der Waals surface area contributed by atoms with Crippen molar-refractivity contribution in [2.45, 2.75) is 6.54 Å². The highest BCUT2D eigenvalue weighted by Gasteiger charge is 1.96. The molecule has 0 aliphatic rings. The monoisotopic (exact) mass is 192 g/mol. The fourth-order valence-electron chi connectivity index (χ4n) is 1.16. The first-order valence-electron chi connectivity index (χ1n) is 4.42. The lowest BCUT2D eigenvalue weighted by atomic mass is 10.6. The molecule has 0 atom stereocenters. The number of hydrogen-bond donors (Lipinski definition) is 0. The van der Waals surface area contributed by atoms with Crippen molar-refractivity contribution in [1.29, 1.82) is 0 Å². The minimum Gasteiger partial charge on any atom is -0.488 e. The van der Waals surface area contributed by atoms with E-state index in [1.165, 1.54) is 0 Å². The molecule has 0 aliphatic carbocycles. The van der Waals surface area contributed by atoms with Gasteiger partial charge in [0.1, 0.15) is 6.61 Å². The third-order valence-electron chi connectivity index (χ3n) is 1.86. The molecule has 0 aliphatic heterocycles. The van der Waals surface area contributed by atoms with Gasteiger partial charge in [-0.05, 0) is 0 Å². The fraction of sp³-hybridized carbons (Fsp3) is 0.333. The third-order valence-corrected chi connectivity index (χ3v) is 1.86. The summed E-state index contributed by atoms with van der Waals surface area (Å²) in [5.74, 6) is 0.799. The smallest absolute Gasteiger partial charge is 0.157 e. The summed E-state index contributed by atoms with van der Waals surface area (Å²) in [6.45, 7) is 1.43. The summed E-state index contributed by atoms with van der Waals surface area (Å²) in [5, 5.41) is 4.00. The predicted molar refractivity (Wildman–Crippen MR) is 50.9 cm³/mol. The molecule has 0 saturated heterocycles. The number of aromatic nitrogens is 4. The molecule has 0 saturated carbocycles. The van der Waals surface area contributed by atoms with Crippen molar-refractivity contribution >= 4 is 0 Å². The molecular formula is C9H12N4O. The number of imidazole rings is 1. The highest BCUT2D eigenvalue weighted by Crippen LogP contribution is 2.06. The molecule has 2 heterocycles. The number of nitrogens with zero attached hydrogens (tertiary/aromatic N) is 4. The maximum atomic E-state index is 5.47. The second-order valence-corrected chi connectivity index (χ2v) is 3.00. The maximum absolute atomic E-state index is 5.47. The summed E-state index contributed by atoms with van der Waals surface area (Å²) in [5.41, 5.74) is 0. The van der Waals surface area contributed by atoms with Gasteiger partial charge >= 0.3 is 0 Å². The first-order chi connectivity index (χ1) is 6.84. The Morgan fingerprint density at radius 2 is 2.43 bits per heavy atom. The van der Waals surface area contributed by atoms with Gasteiger partial charge in [0.2, 0.25) is 0 Å². The first kappa shape index (κ1) is 8.80. The van der Waals surface area contributed by atoms with E-state index in [1.807, 2.05) is 24.0 Å². The minimum atomic E-state index is 0.627. The van der Waals surface area contributed by atoms with Crippen molar-refractivity contribution in [2.75, 3.05) is 6.61 Å². The molecule has 0 unspecified atom stereocenters. The van der Waals surface area contributed by atoms with E-state index in [9.17, 15) is 0 Å². The van der Waals surface area contributed by atoms with Gasteiger partial charge in [0.15, 0.2) is 5.75 Å². The van der Waals surface area contributed by atoms with Crippen molar-refractivity contribution in [1.82, 2.24) is 19.3 Å². The highest BCUT2D eigenvalue weighted by atomic mass is 16.5. The average molecular weight is 192 g/mol. The molecule has 0 aromatic carbocycles. The third kappa shape index (κ3) is 2.12. The zero-order valence-electron chi connectivity index (χ0n) is 8.00. The van der Waals surface area contributed by atoms with Gasteiger partial charge in [-0.2, -0.15) is 5.10 Å². The number of aryl methyl sites for hydroxylation is 1. The molecule has 74 valence electrons. The van der Waals surface area contributed by atoms with Crippen LogP contribution in [0.15, 0.2) is 31.1 Å². The number of rotatable bonds is 4. The maximum Gasteiger partial charge on any atom is 0.157 e. The molecule has 0 amide bonds. The summed E-state index contributed by atoms with van der Waals surface area (Å²) in [4.78, 5) is 3.94. The summed E-state index contributed by atoms with van der Waals surface area (Å²) >= 11 is 0. The Morgan fingerprint density at radius 1 is 1.50 bits per heavy atom. The summed E-state index contributed by atoms with van der Waals surface area (Å²) in [6, 6.07) is 0. The van der Waals surface area contributed by atoms with Crippen LogP contribution >= 0.6 is 0 Å². The molecule has 5 nitrogen and oxygen atoms in total. The van der Waals surface area contributed by atoms with Crippen molar-refractivity contribution in [3.05, 3.63) is 31.1 Å². The van der Waals surface area contributed by atoms with E-state index in [0.717, 1.165) is 12.3 Å². The fourth-order valence-corrected chi connectivity index (χ4v) is 1.16. The average Bonchev–Trinajstić information content (AvgIpc) is 2.77. The lowest BCUT2D eigenvalue weighted by Crippen LogP contribution is -2.05. The molecule has 2 aromatic rings. The van der Waals surface area contributed by atoms with Crippen molar-refractivity contribution in [3.63, 3.8) is 0 Å². The van der Waals surface area contributed by atoms with E-state index < -0.39 is 0 Å². The van der Waals surface area contributed by atoms with Crippen LogP contribution < -0.4 is 4.74 Å². The van der Waals surface area contributed by atoms with Crippen LogP contribution in [0.2, 0.25) is 0 Å². The molecule has 0 fully saturated rings. The van der Waals surface area contributed by atoms with E-state index in [4.69, 9.17) is 4.74 Å². The second kappa shape index (κ2) is 3.95. The predicted octanol–water partition coefficient (Wildman–Crippen LogP) is 0.696. The standard InChI is InChI=1S/C9H12N4O/c1-12-7-9(6-11-12)14-5-4-13-3-2-10-8-13/h2-3,6-8H,4-5H2,1H3. The van der Waals surface area contributed by atoms with Gasteiger partial charge in [-0.15, -0.1) is 0 Å². The van der Waals surface area contributed by atoms with Gasteiger partial charge < -0.3 is 9.30 Å². The van der Waals surface area contributed by atoms with Crippen LogP contribution in [0.1, 0.15) is 0 Å². The second-order valence-electron chi connectivity index (χ2n) is 3.00. The molecule has 0 spiro atoms. The Balaban J connectivity index is 1.78. The van der Waals surface area contributed by atoms with Gasteiger partial charge in [0.05, 0.1) is 25.3 Å². The summed E-state index contributed by atoms with van der Waals surface area (Å²) < 4.78 is 9.15. The van der Waals surface area contributed by atoms with Crippen LogP contribution in [0.5, 0.6) is 5.75 Å². The Labute approximate surface area is 81.9 Å². The van der Waals surface area contributed by atoms with Crippen LogP contribution in [-0.4, -0.2) is 25.9 Å². The summed E-state index contributed by atoms with van der Waals surface area (Å²) in [6.07, 6.45) is 8.98. The molecule has 14 heavy (non-hydrogen) atoms. The normalized spacial score (nSPS) is 10.4. The Hall–Kier alpha value is -1.78. The van der Waals surface area contributed by atoms with E-state index in [2.05, 4.69) is 10.1 Å². The highest BCUT2D eigenvalue weighted by molar-refractivity contribution is 5.11. The lowest BCUT2D eigenvalue weighted by molar-refractivity contribution is 0.298. The van der Waals surface area contributed by atoms with E-state index in [1.54, 1.807) is 23.4 Å². The molecule has 0 N–H and O–H groups in total. The van der Waals surface area contributed by atoms with Gasteiger partial charge in [-0.3, -0.25) is 4.68 Å². The molecule has 0 bridgehead atoms. The molecule has 2 rings (SSSR count). The van der Waals surface area contributed by atoms with Gasteiger partial charge in [-0.25, -0.2) is 4.98 Å². The minimum absolute atomic E-state index is 0.627. The zero-order chi connectivity index (χ0) is 9.80. The summed E-state index contributed by atoms with van der Waals surface area (Å²) in [7, 11) is 1.86. The van der Waals surface area contributed by atoms with Gasteiger partial charge in [-0.1, -0.05) is 0 Å². The van der Waals surface area contributed by atoms with Gasteiger partial charge in [0, 0.05) is 19.4 Å². The molecular weight excluding hydrogens is 180 g/mol. The van der Waals surface area contributed by atoms with E-state index >= 15 is 0 Å². The Morgan fingerprint density at radius 3 is 3.07 bits per heavy atom. The van der Waals surface area contributed by atoms with Gasteiger partial charge in [0.25, 0.3) is 0 Å². The van der Waals surface area contributed by atoms with Crippen molar-refractivity contribution in [2.24, 2.45) is 7.05 Å². The molecule has 0 radical (unpaired) electrons. The van der Waals surface area contributed by atoms with E-state index in [0.29, 0.717) is 6.61 Å². The quantitative estimate of drug-likeness (QED) is 0.716. The van der Waals surface area contributed by atoms with Crippen LogP contribution in [0, 0.1) is 0 Å². The topological polar surface area (TPSA) is 44.9 Å². The molecule has 2 aromatic heterocycles. The number of ether oxygens (including phenoxy) is 1. The largest absolute Gasteiger partial charge is 0.488 e. The van der Waals surface area contributed by atoms with Crippen LogP contribution in [-0.2, 0) is 13.6 Å². The molecule has 5 heteroatoms. The Kier molecular flexibility index (Phi) is 2.48. The van der Waals surface area contributed by atoms with E-state index in [-0.39, 0.29) is 0 Å².